The number of fused-ring (bicyclic) bond motifs is 1. The fourth-order valence-electron chi connectivity index (χ4n) is 4.58. The minimum absolute atomic E-state index is 0.0957. The van der Waals surface area contributed by atoms with Gasteiger partial charge in [-0.25, -0.2) is 9.78 Å². The summed E-state index contributed by atoms with van der Waals surface area (Å²) in [7, 11) is 0. The van der Waals surface area contributed by atoms with Gasteiger partial charge in [-0.15, -0.1) is 23.1 Å². The number of oxime groups is 1. The van der Waals surface area contributed by atoms with E-state index in [2.05, 4.69) is 27.4 Å². The van der Waals surface area contributed by atoms with Crippen LogP contribution in [0.5, 0.6) is 0 Å². The van der Waals surface area contributed by atoms with Gasteiger partial charge in [-0.05, 0) is 23.6 Å². The Hall–Kier alpha value is -4.75. The van der Waals surface area contributed by atoms with Crippen LogP contribution in [0.25, 0.3) is 0 Å². The lowest BCUT2D eigenvalue weighted by Gasteiger charge is -2.49. The molecule has 0 saturated carbocycles. The van der Waals surface area contributed by atoms with Gasteiger partial charge in [0.15, 0.2) is 16.9 Å². The molecule has 13 heteroatoms. The molecule has 11 nitrogen and oxygen atoms in total. The maximum Gasteiger partial charge on any atom is 0.356 e. The maximum absolute atomic E-state index is 13.8. The summed E-state index contributed by atoms with van der Waals surface area (Å²) in [5.41, 5.74) is 2.23. The molecule has 220 valence electrons. The number of β-lactam (4-membered cyclic amide) rings is 1. The zero-order chi connectivity index (χ0) is 30.3. The minimum atomic E-state index is -0.941. The Morgan fingerprint density at radius 3 is 2.44 bits per heavy atom. The molecule has 1 saturated heterocycles. The summed E-state index contributed by atoms with van der Waals surface area (Å²) in [6, 6.07) is 17.7. The zero-order valence-electron chi connectivity index (χ0n) is 23.0. The molecule has 2 N–H and O–H groups in total. The molecule has 3 aromatic rings. The lowest BCUT2D eigenvalue weighted by Crippen LogP contribution is -2.71. The van der Waals surface area contributed by atoms with E-state index in [9.17, 15) is 19.2 Å². The second kappa shape index (κ2) is 13.5. The van der Waals surface area contributed by atoms with E-state index in [1.807, 2.05) is 60.7 Å². The Morgan fingerprint density at radius 1 is 1.16 bits per heavy atom. The SMILES string of the molecule is C=CC1=C(C(=O)OC(c2ccccc2)c2ccccc2)N2C(=O)C(NC(=O)C(=NOCC)c3csc(NC=O)n3)[C@H]2SC1. The van der Waals surface area contributed by atoms with E-state index >= 15 is 0 Å². The van der Waals surface area contributed by atoms with Gasteiger partial charge >= 0.3 is 5.97 Å². The van der Waals surface area contributed by atoms with Gasteiger partial charge < -0.3 is 20.2 Å². The third kappa shape index (κ3) is 6.22. The van der Waals surface area contributed by atoms with Crippen LogP contribution in [0.4, 0.5) is 5.13 Å². The number of esters is 1. The first-order chi connectivity index (χ1) is 21.0. The van der Waals surface area contributed by atoms with Crippen molar-refractivity contribution in [2.24, 2.45) is 5.16 Å². The summed E-state index contributed by atoms with van der Waals surface area (Å²) < 4.78 is 6.07. The fraction of sp³-hybridized carbons (Fsp3) is 0.200. The van der Waals surface area contributed by atoms with E-state index in [4.69, 9.17) is 9.57 Å². The average molecular weight is 618 g/mol. The number of rotatable bonds is 12. The fourth-order valence-corrected chi connectivity index (χ4v) is 6.57. The first-order valence-electron chi connectivity index (χ1n) is 13.2. The van der Waals surface area contributed by atoms with Crippen LogP contribution in [-0.4, -0.2) is 63.6 Å². The first kappa shape index (κ1) is 29.7. The lowest BCUT2D eigenvalue weighted by atomic mass is 10.0. The molecule has 2 aliphatic heterocycles. The zero-order valence-corrected chi connectivity index (χ0v) is 24.6. The number of carbonyl (C=O) groups is 4. The smallest absolute Gasteiger partial charge is 0.356 e. The predicted molar refractivity (Wildman–Crippen MR) is 163 cm³/mol. The second-order valence-electron chi connectivity index (χ2n) is 9.20. The highest BCUT2D eigenvalue weighted by molar-refractivity contribution is 8.00. The molecule has 1 aromatic heterocycles. The quantitative estimate of drug-likeness (QED) is 0.103. The highest BCUT2D eigenvalue weighted by Gasteiger charge is 2.54. The van der Waals surface area contributed by atoms with Crippen LogP contribution in [-0.2, 0) is 28.8 Å². The van der Waals surface area contributed by atoms with Gasteiger partial charge in [0.1, 0.15) is 29.4 Å². The summed E-state index contributed by atoms with van der Waals surface area (Å²) in [5.74, 6) is -1.47. The Bertz CT molecular complexity index is 1550. The standard InChI is InChI=1S/C30H27N5O6S2/c1-3-18-15-42-28-23(33-26(37)22(34-40-4-2)21-16-43-30(32-21)31-17-36)27(38)35(28)24(18)29(39)41-25(19-11-7-5-8-12-19)20-13-9-6-10-14-20/h3,5-14,16-17,23,25,28H,1,4,15H2,2H3,(H,33,37)(H,31,32,36)/t23?,28-/m1/s1. The van der Waals surface area contributed by atoms with Crippen LogP contribution in [0.3, 0.4) is 0 Å². The maximum atomic E-state index is 13.8. The summed E-state index contributed by atoms with van der Waals surface area (Å²) in [6.07, 6.45) is 1.31. The number of thioether (sulfide) groups is 1. The van der Waals surface area contributed by atoms with E-state index in [1.54, 1.807) is 13.0 Å². The molecule has 2 atom stereocenters. The summed E-state index contributed by atoms with van der Waals surface area (Å²) in [5, 5.41) is 10.3. The Labute approximate surface area is 255 Å². The molecule has 43 heavy (non-hydrogen) atoms. The first-order valence-corrected chi connectivity index (χ1v) is 15.2. The topological polar surface area (TPSA) is 139 Å². The molecule has 0 aliphatic carbocycles. The molecule has 3 heterocycles. The van der Waals surface area contributed by atoms with E-state index in [0.29, 0.717) is 17.7 Å². The molecule has 3 amide bonds. The van der Waals surface area contributed by atoms with Crippen molar-refractivity contribution < 1.29 is 28.8 Å². The van der Waals surface area contributed by atoms with Crippen molar-refractivity contribution in [2.75, 3.05) is 17.7 Å². The number of hydrogen-bond acceptors (Lipinski definition) is 10. The molecule has 5 rings (SSSR count). The average Bonchev–Trinajstić information content (AvgIpc) is 3.50. The summed E-state index contributed by atoms with van der Waals surface area (Å²) in [6.45, 7) is 5.74. The van der Waals surface area contributed by atoms with Gasteiger partial charge in [0.2, 0.25) is 6.41 Å². The highest BCUT2D eigenvalue weighted by Crippen LogP contribution is 2.42. The van der Waals surface area contributed by atoms with E-state index in [-0.39, 0.29) is 28.8 Å². The third-order valence-electron chi connectivity index (χ3n) is 6.58. The van der Waals surface area contributed by atoms with Gasteiger partial charge in [0.25, 0.3) is 11.8 Å². The van der Waals surface area contributed by atoms with Gasteiger partial charge in [0.05, 0.1) is 0 Å². The lowest BCUT2D eigenvalue weighted by molar-refractivity contribution is -0.154. The van der Waals surface area contributed by atoms with Crippen molar-refractivity contribution in [3.63, 3.8) is 0 Å². The molecule has 2 aliphatic rings. The van der Waals surface area contributed by atoms with Gasteiger partial charge in [-0.2, -0.15) is 0 Å². The second-order valence-corrected chi connectivity index (χ2v) is 11.2. The number of amides is 3. The van der Waals surface area contributed by atoms with Crippen LogP contribution in [0, 0.1) is 0 Å². The van der Waals surface area contributed by atoms with Crippen LogP contribution < -0.4 is 10.6 Å². The normalized spacial score (nSPS) is 18.0. The number of nitrogens with one attached hydrogen (secondary N) is 2. The van der Waals surface area contributed by atoms with Crippen molar-refractivity contribution in [3.05, 3.63) is 107 Å². The number of hydrogen-bond donors (Lipinski definition) is 2. The molecule has 0 bridgehead atoms. The van der Waals surface area contributed by atoms with Crippen molar-refractivity contribution in [1.29, 1.82) is 0 Å². The number of nitrogens with zero attached hydrogens (tertiary/aromatic N) is 3. The Balaban J connectivity index is 1.36. The number of allylic oxidation sites excluding steroid dienone is 1. The molecule has 2 aromatic carbocycles. The van der Waals surface area contributed by atoms with Crippen LogP contribution in [0.1, 0.15) is 29.8 Å². The molecule has 0 radical (unpaired) electrons. The number of carbonyl (C=O) groups excluding carboxylic acids is 4. The van der Waals surface area contributed by atoms with E-state index in [1.165, 1.54) is 22.0 Å². The molecule has 1 fully saturated rings. The van der Waals surface area contributed by atoms with Crippen molar-refractivity contribution in [2.45, 2.75) is 24.4 Å². The highest BCUT2D eigenvalue weighted by atomic mass is 32.2. The van der Waals surface area contributed by atoms with Gasteiger partial charge in [0, 0.05) is 11.1 Å². The summed E-state index contributed by atoms with van der Waals surface area (Å²) in [4.78, 5) is 62.0. The van der Waals surface area contributed by atoms with Crippen LogP contribution >= 0.6 is 23.1 Å². The molecular formula is C30H27N5O6S2. The Kier molecular flexibility index (Phi) is 9.32. The van der Waals surface area contributed by atoms with Crippen LogP contribution in [0.15, 0.2) is 95.1 Å². The minimum Gasteiger partial charge on any atom is -0.448 e. The van der Waals surface area contributed by atoms with Crippen molar-refractivity contribution in [1.82, 2.24) is 15.2 Å². The number of ether oxygens (including phenoxy) is 1. The monoisotopic (exact) mass is 617 g/mol. The number of benzene rings is 2. The predicted octanol–water partition coefficient (Wildman–Crippen LogP) is 3.62. The number of anilines is 1. The largest absolute Gasteiger partial charge is 0.448 e. The molecular weight excluding hydrogens is 590 g/mol. The van der Waals surface area contributed by atoms with Crippen LogP contribution in [0.2, 0.25) is 0 Å². The number of aromatic nitrogens is 1. The third-order valence-corrected chi connectivity index (χ3v) is 8.66. The van der Waals surface area contributed by atoms with Crippen molar-refractivity contribution >= 4 is 58.1 Å². The van der Waals surface area contributed by atoms with Gasteiger partial charge in [-0.1, -0.05) is 78.5 Å². The van der Waals surface area contributed by atoms with Gasteiger partial charge in [-0.3, -0.25) is 19.3 Å². The number of thiazole rings is 1. The summed E-state index contributed by atoms with van der Waals surface area (Å²) >= 11 is 2.49. The molecule has 1 unspecified atom stereocenters. The Morgan fingerprint density at radius 2 is 1.84 bits per heavy atom. The van der Waals surface area contributed by atoms with E-state index in [0.717, 1.165) is 22.5 Å². The molecule has 0 spiro atoms. The van der Waals surface area contributed by atoms with Crippen molar-refractivity contribution in [3.8, 4) is 0 Å². The van der Waals surface area contributed by atoms with E-state index < -0.39 is 35.3 Å².